The summed E-state index contributed by atoms with van der Waals surface area (Å²) in [7, 11) is -1.51. The number of hydrogen-bond donors (Lipinski definition) is 1. The predicted molar refractivity (Wildman–Crippen MR) is 98.6 cm³/mol. The Bertz CT molecular complexity index is 986. The van der Waals surface area contributed by atoms with E-state index in [0.717, 1.165) is 23.9 Å². The Morgan fingerprint density at radius 2 is 2.04 bits per heavy atom. The van der Waals surface area contributed by atoms with Crippen molar-refractivity contribution < 1.29 is 22.1 Å². The zero-order valence-electron chi connectivity index (χ0n) is 14.8. The average molecular weight is 409 g/mol. The van der Waals surface area contributed by atoms with Gasteiger partial charge in [0, 0.05) is 11.8 Å². The smallest absolute Gasteiger partial charge is 0.422 e. The number of H-pyrrole nitrogens is 1. The number of benzene rings is 1. The zero-order valence-corrected chi connectivity index (χ0v) is 15.6. The molecule has 0 spiro atoms. The van der Waals surface area contributed by atoms with Gasteiger partial charge in [0.2, 0.25) is 0 Å². The van der Waals surface area contributed by atoms with E-state index in [1.54, 1.807) is 0 Å². The highest BCUT2D eigenvalue weighted by Crippen LogP contribution is 2.38. The largest absolute Gasteiger partial charge is 0.484 e. The van der Waals surface area contributed by atoms with Gasteiger partial charge in [0.05, 0.1) is 32.8 Å². The van der Waals surface area contributed by atoms with Crippen LogP contribution in [0.5, 0.6) is 5.75 Å². The SMILES string of the molecule is O=[S@](c1nc2ccccc2[nH]1)[C@@H]1CCCCc2c(OCC(F)(F)F)ccnc21. The number of fused-ring (bicyclic) bond motifs is 2. The third-order valence-electron chi connectivity index (χ3n) is 4.70. The first kappa shape index (κ1) is 18.9. The van der Waals surface area contributed by atoms with Crippen LogP contribution in [0.1, 0.15) is 35.8 Å². The van der Waals surface area contributed by atoms with Crippen molar-refractivity contribution in [2.45, 2.75) is 42.3 Å². The summed E-state index contributed by atoms with van der Waals surface area (Å²) in [5.74, 6) is 0.163. The average Bonchev–Trinajstić information content (AvgIpc) is 2.98. The first-order valence-corrected chi connectivity index (χ1v) is 10.2. The number of para-hydroxylation sites is 2. The van der Waals surface area contributed by atoms with Gasteiger partial charge >= 0.3 is 6.18 Å². The van der Waals surface area contributed by atoms with Gasteiger partial charge in [-0.05, 0) is 37.5 Å². The summed E-state index contributed by atoms with van der Waals surface area (Å²) in [6.07, 6.45) is -0.271. The number of ether oxygens (including phenoxy) is 1. The summed E-state index contributed by atoms with van der Waals surface area (Å²) in [6, 6.07) is 8.83. The summed E-state index contributed by atoms with van der Waals surface area (Å²) in [5.41, 5.74) is 2.65. The zero-order chi connectivity index (χ0) is 19.7. The van der Waals surface area contributed by atoms with Gasteiger partial charge in [-0.1, -0.05) is 18.6 Å². The van der Waals surface area contributed by atoms with E-state index in [2.05, 4.69) is 15.0 Å². The van der Waals surface area contributed by atoms with Crippen molar-refractivity contribution in [2.24, 2.45) is 0 Å². The quantitative estimate of drug-likeness (QED) is 0.646. The minimum atomic E-state index is -4.42. The number of rotatable bonds is 4. The Balaban J connectivity index is 1.68. The van der Waals surface area contributed by atoms with Gasteiger partial charge in [-0.15, -0.1) is 0 Å². The van der Waals surface area contributed by atoms with E-state index in [0.29, 0.717) is 29.3 Å². The fourth-order valence-corrected chi connectivity index (χ4v) is 4.90. The molecule has 0 saturated carbocycles. The van der Waals surface area contributed by atoms with Crippen LogP contribution in [0.3, 0.4) is 0 Å². The van der Waals surface area contributed by atoms with Gasteiger partial charge in [-0.2, -0.15) is 13.2 Å². The molecule has 2 aromatic heterocycles. The molecule has 4 rings (SSSR count). The van der Waals surface area contributed by atoms with Gasteiger partial charge in [0.1, 0.15) is 5.75 Å². The minimum Gasteiger partial charge on any atom is -0.484 e. The number of alkyl halides is 3. The lowest BCUT2D eigenvalue weighted by Crippen LogP contribution is -2.20. The van der Waals surface area contributed by atoms with Crippen LogP contribution in [0.4, 0.5) is 13.2 Å². The van der Waals surface area contributed by atoms with E-state index >= 15 is 0 Å². The first-order valence-electron chi connectivity index (χ1n) is 8.95. The van der Waals surface area contributed by atoms with Crippen molar-refractivity contribution in [2.75, 3.05) is 6.61 Å². The van der Waals surface area contributed by atoms with Crippen LogP contribution in [0.15, 0.2) is 41.7 Å². The third-order valence-corrected chi connectivity index (χ3v) is 6.25. The molecule has 2 heterocycles. The summed E-state index contributed by atoms with van der Waals surface area (Å²) in [6.45, 7) is -1.36. The van der Waals surface area contributed by atoms with E-state index in [4.69, 9.17) is 4.74 Å². The molecule has 1 N–H and O–H groups in total. The Morgan fingerprint density at radius 1 is 1.21 bits per heavy atom. The molecule has 0 unspecified atom stereocenters. The van der Waals surface area contributed by atoms with Gasteiger partial charge in [0.15, 0.2) is 11.8 Å². The summed E-state index contributed by atoms with van der Waals surface area (Å²) in [5, 5.41) is -0.102. The lowest BCUT2D eigenvalue weighted by Gasteiger charge is -2.18. The minimum absolute atomic E-state index is 0.163. The second kappa shape index (κ2) is 7.54. The van der Waals surface area contributed by atoms with Crippen molar-refractivity contribution in [3.8, 4) is 5.75 Å². The lowest BCUT2D eigenvalue weighted by molar-refractivity contribution is -0.153. The van der Waals surface area contributed by atoms with E-state index in [1.807, 2.05) is 24.3 Å². The van der Waals surface area contributed by atoms with E-state index in [9.17, 15) is 17.4 Å². The predicted octanol–water partition coefficient (Wildman–Crippen LogP) is 4.47. The first-order chi connectivity index (χ1) is 13.4. The maximum Gasteiger partial charge on any atom is 0.422 e. The van der Waals surface area contributed by atoms with E-state index < -0.39 is 28.8 Å². The van der Waals surface area contributed by atoms with Gasteiger partial charge in [-0.25, -0.2) is 4.98 Å². The molecule has 0 bridgehead atoms. The molecule has 0 amide bonds. The summed E-state index contributed by atoms with van der Waals surface area (Å²) in [4.78, 5) is 11.9. The van der Waals surface area contributed by atoms with E-state index in [-0.39, 0.29) is 5.75 Å². The summed E-state index contributed by atoms with van der Waals surface area (Å²) < 4.78 is 56.0. The van der Waals surface area contributed by atoms with Crippen molar-refractivity contribution in [1.29, 1.82) is 0 Å². The lowest BCUT2D eigenvalue weighted by atomic mass is 10.1. The molecule has 1 aromatic carbocycles. The molecule has 0 fully saturated rings. The van der Waals surface area contributed by atoms with Crippen LogP contribution >= 0.6 is 0 Å². The van der Waals surface area contributed by atoms with Crippen molar-refractivity contribution in [1.82, 2.24) is 15.0 Å². The molecule has 2 atom stereocenters. The monoisotopic (exact) mass is 409 g/mol. The maximum atomic E-state index is 13.3. The molecule has 0 radical (unpaired) electrons. The van der Waals surface area contributed by atoms with Crippen molar-refractivity contribution >= 4 is 21.8 Å². The topological polar surface area (TPSA) is 67.9 Å². The second-order valence-electron chi connectivity index (χ2n) is 6.67. The van der Waals surface area contributed by atoms with Gasteiger partial charge in [-0.3, -0.25) is 9.19 Å². The standard InChI is InChI=1S/C19H18F3N3O2S/c20-19(21,22)11-27-15-9-10-23-17-12(15)5-1-4-8-16(17)28(26)18-24-13-6-2-3-7-14(13)25-18/h2-3,6-7,9-10,16H,1,4-5,8,11H2,(H,24,25)/t16-,28+/m1/s1. The van der Waals surface area contributed by atoms with Crippen LogP contribution in [0.25, 0.3) is 11.0 Å². The maximum absolute atomic E-state index is 13.3. The Labute approximate surface area is 161 Å². The third kappa shape index (κ3) is 3.89. The van der Waals surface area contributed by atoms with E-state index in [1.165, 1.54) is 12.3 Å². The molecule has 1 aliphatic rings. The fraction of sp³-hybridized carbons (Fsp3) is 0.368. The number of aromatic amines is 1. The number of nitrogens with one attached hydrogen (secondary N) is 1. The molecule has 5 nitrogen and oxygen atoms in total. The molecule has 9 heteroatoms. The van der Waals surface area contributed by atoms with Gasteiger partial charge < -0.3 is 9.72 Å². The molecule has 148 valence electrons. The number of hydrogen-bond acceptors (Lipinski definition) is 4. The number of nitrogens with zero attached hydrogens (tertiary/aromatic N) is 2. The van der Waals surface area contributed by atoms with Crippen molar-refractivity contribution in [3.05, 3.63) is 47.8 Å². The number of pyridine rings is 1. The fourth-order valence-electron chi connectivity index (χ4n) is 3.45. The van der Waals surface area contributed by atoms with Crippen LogP contribution in [-0.4, -0.2) is 31.9 Å². The normalized spacial score (nSPS) is 18.5. The highest BCUT2D eigenvalue weighted by atomic mass is 32.2. The van der Waals surface area contributed by atoms with Crippen LogP contribution in [0, 0.1) is 0 Å². The van der Waals surface area contributed by atoms with Crippen LogP contribution in [0.2, 0.25) is 0 Å². The summed E-state index contributed by atoms with van der Waals surface area (Å²) >= 11 is 0. The molecule has 0 aliphatic heterocycles. The molecular formula is C19H18F3N3O2S. The Morgan fingerprint density at radius 3 is 2.82 bits per heavy atom. The number of imidazole rings is 1. The van der Waals surface area contributed by atoms with Crippen molar-refractivity contribution in [3.63, 3.8) is 0 Å². The highest BCUT2D eigenvalue weighted by molar-refractivity contribution is 7.85. The Kier molecular flexibility index (Phi) is 5.09. The highest BCUT2D eigenvalue weighted by Gasteiger charge is 2.32. The second-order valence-corrected chi connectivity index (χ2v) is 8.22. The van der Waals surface area contributed by atoms with Crippen LogP contribution in [-0.2, 0) is 17.2 Å². The molecular weight excluding hydrogens is 391 g/mol. The number of halogens is 3. The molecule has 28 heavy (non-hydrogen) atoms. The van der Waals surface area contributed by atoms with Crippen LogP contribution < -0.4 is 4.74 Å². The Hall–Kier alpha value is -2.42. The molecule has 1 aliphatic carbocycles. The molecule has 3 aromatic rings. The van der Waals surface area contributed by atoms with Gasteiger partial charge in [0.25, 0.3) is 0 Å². The number of aromatic nitrogens is 3. The molecule has 0 saturated heterocycles.